The molecule has 6 heteroatoms. The summed E-state index contributed by atoms with van der Waals surface area (Å²) in [6.45, 7) is 2.46. The van der Waals surface area contributed by atoms with Gasteiger partial charge in [0.05, 0.1) is 15.4 Å². The van der Waals surface area contributed by atoms with Crippen molar-refractivity contribution in [2.45, 2.75) is 37.3 Å². The van der Waals surface area contributed by atoms with Crippen LogP contribution in [0.15, 0.2) is 15.9 Å². The van der Waals surface area contributed by atoms with E-state index in [0.717, 1.165) is 49.3 Å². The van der Waals surface area contributed by atoms with Crippen LogP contribution in [0, 0.1) is 5.92 Å². The number of thiophene rings is 1. The molecule has 2 unspecified atom stereocenters. The molecule has 2 fully saturated rings. The molecule has 20 heavy (non-hydrogen) atoms. The van der Waals surface area contributed by atoms with Crippen LogP contribution in [0.25, 0.3) is 0 Å². The molecule has 0 saturated carbocycles. The standard InChI is InChI=1S/C14H21BrN2O2S/c15-12-2-1-11(20-12)13(17-16)10-3-6-19-14(9-10)4-7-18-8-5-14/h1-2,10,13,17H,3-9,16H2. The van der Waals surface area contributed by atoms with Gasteiger partial charge in [-0.25, -0.2) is 0 Å². The summed E-state index contributed by atoms with van der Waals surface area (Å²) in [6, 6.07) is 4.47. The molecule has 2 saturated heterocycles. The second-order valence-electron chi connectivity index (χ2n) is 5.68. The highest BCUT2D eigenvalue weighted by atomic mass is 79.9. The number of rotatable bonds is 3. The zero-order chi connectivity index (χ0) is 14.0. The SMILES string of the molecule is NNC(c1ccc(Br)s1)C1CCOC2(CCOCC2)C1. The topological polar surface area (TPSA) is 56.5 Å². The first-order valence-electron chi connectivity index (χ1n) is 7.15. The third-order valence-corrected chi connectivity index (χ3v) is 6.19. The van der Waals surface area contributed by atoms with Gasteiger partial charge in [0.2, 0.25) is 0 Å². The van der Waals surface area contributed by atoms with Gasteiger partial charge < -0.3 is 9.47 Å². The van der Waals surface area contributed by atoms with Gasteiger partial charge in [-0.2, -0.15) is 0 Å². The van der Waals surface area contributed by atoms with Crippen LogP contribution in [0.5, 0.6) is 0 Å². The molecule has 1 aromatic rings. The molecule has 2 aliphatic rings. The maximum Gasteiger partial charge on any atom is 0.0729 e. The molecule has 0 amide bonds. The monoisotopic (exact) mass is 360 g/mol. The summed E-state index contributed by atoms with van der Waals surface area (Å²) in [4.78, 5) is 1.30. The zero-order valence-corrected chi connectivity index (χ0v) is 13.8. The number of hydrogen-bond acceptors (Lipinski definition) is 5. The Morgan fingerprint density at radius 1 is 1.35 bits per heavy atom. The van der Waals surface area contributed by atoms with Gasteiger partial charge in [-0.3, -0.25) is 11.3 Å². The van der Waals surface area contributed by atoms with Gasteiger partial charge in [0.25, 0.3) is 0 Å². The molecule has 4 nitrogen and oxygen atoms in total. The second kappa shape index (κ2) is 6.42. The molecule has 1 aromatic heterocycles. The summed E-state index contributed by atoms with van der Waals surface area (Å²) in [6.07, 6.45) is 4.15. The van der Waals surface area contributed by atoms with E-state index in [0.29, 0.717) is 5.92 Å². The number of hydrogen-bond donors (Lipinski definition) is 2. The normalized spacial score (nSPS) is 27.6. The fourth-order valence-corrected chi connectivity index (χ4v) is 4.97. The highest BCUT2D eigenvalue weighted by molar-refractivity contribution is 9.11. The maximum atomic E-state index is 6.12. The van der Waals surface area contributed by atoms with Crippen LogP contribution >= 0.6 is 27.3 Å². The fourth-order valence-electron chi connectivity index (χ4n) is 3.39. The van der Waals surface area contributed by atoms with Crippen molar-refractivity contribution in [3.63, 3.8) is 0 Å². The summed E-state index contributed by atoms with van der Waals surface area (Å²) in [5.41, 5.74) is 3.04. The van der Waals surface area contributed by atoms with E-state index < -0.39 is 0 Å². The van der Waals surface area contributed by atoms with Crippen molar-refractivity contribution in [3.05, 3.63) is 20.8 Å². The second-order valence-corrected chi connectivity index (χ2v) is 8.18. The molecular formula is C14H21BrN2O2S. The minimum Gasteiger partial charge on any atom is -0.381 e. The number of hydrazine groups is 1. The molecule has 0 bridgehead atoms. The molecular weight excluding hydrogens is 340 g/mol. The summed E-state index contributed by atoms with van der Waals surface area (Å²) in [5.74, 6) is 6.36. The third kappa shape index (κ3) is 3.10. The minimum absolute atomic E-state index is 0.0186. The lowest BCUT2D eigenvalue weighted by Gasteiger charge is -2.45. The average Bonchev–Trinajstić information content (AvgIpc) is 2.87. The molecule has 1 spiro atoms. The third-order valence-electron chi connectivity index (χ3n) is 4.49. The Hall–Kier alpha value is 0.0200. The number of ether oxygens (including phenoxy) is 2. The fraction of sp³-hybridized carbons (Fsp3) is 0.714. The average molecular weight is 361 g/mol. The molecule has 2 aliphatic heterocycles. The van der Waals surface area contributed by atoms with Gasteiger partial charge in [-0.05, 0) is 59.7 Å². The van der Waals surface area contributed by atoms with Gasteiger partial charge in [0, 0.05) is 24.7 Å². The molecule has 2 atom stereocenters. The van der Waals surface area contributed by atoms with Crippen molar-refractivity contribution in [1.82, 2.24) is 5.43 Å². The van der Waals surface area contributed by atoms with E-state index in [9.17, 15) is 0 Å². The quantitative estimate of drug-likeness (QED) is 0.642. The Balaban J connectivity index is 1.74. The summed E-state index contributed by atoms with van der Waals surface area (Å²) >= 11 is 5.29. The first kappa shape index (κ1) is 14.9. The summed E-state index contributed by atoms with van der Waals surface area (Å²) in [5, 5.41) is 0. The van der Waals surface area contributed by atoms with Crippen LogP contribution in [-0.2, 0) is 9.47 Å². The Bertz CT molecular complexity index is 443. The Morgan fingerprint density at radius 3 is 2.80 bits per heavy atom. The predicted octanol–water partition coefficient (Wildman–Crippen LogP) is 2.99. The Labute approximate surface area is 132 Å². The van der Waals surface area contributed by atoms with Gasteiger partial charge in [0.1, 0.15) is 0 Å². The van der Waals surface area contributed by atoms with Gasteiger partial charge in [-0.1, -0.05) is 0 Å². The number of halogens is 1. The Kier molecular flexibility index (Phi) is 4.79. The van der Waals surface area contributed by atoms with Crippen molar-refractivity contribution in [1.29, 1.82) is 0 Å². The van der Waals surface area contributed by atoms with Crippen molar-refractivity contribution >= 4 is 27.3 Å². The first-order valence-corrected chi connectivity index (χ1v) is 8.76. The molecule has 3 rings (SSSR count). The van der Waals surface area contributed by atoms with Crippen LogP contribution in [0.4, 0.5) is 0 Å². The summed E-state index contributed by atoms with van der Waals surface area (Å²) in [7, 11) is 0. The lowest BCUT2D eigenvalue weighted by molar-refractivity contribution is -0.150. The van der Waals surface area contributed by atoms with Crippen molar-refractivity contribution < 1.29 is 9.47 Å². The van der Waals surface area contributed by atoms with E-state index in [4.69, 9.17) is 15.3 Å². The van der Waals surface area contributed by atoms with E-state index in [1.54, 1.807) is 11.3 Å². The van der Waals surface area contributed by atoms with E-state index in [2.05, 4.69) is 33.5 Å². The van der Waals surface area contributed by atoms with Crippen molar-refractivity contribution in [3.8, 4) is 0 Å². The highest BCUT2D eigenvalue weighted by Crippen LogP contribution is 2.43. The minimum atomic E-state index is 0.0186. The lowest BCUT2D eigenvalue weighted by Crippen LogP contribution is -2.47. The first-order chi connectivity index (χ1) is 9.72. The molecule has 112 valence electrons. The molecule has 0 radical (unpaired) electrons. The highest BCUT2D eigenvalue weighted by Gasteiger charge is 2.41. The van der Waals surface area contributed by atoms with E-state index in [1.165, 1.54) is 4.88 Å². The van der Waals surface area contributed by atoms with Gasteiger partial charge in [0.15, 0.2) is 0 Å². The Morgan fingerprint density at radius 2 is 2.15 bits per heavy atom. The van der Waals surface area contributed by atoms with E-state index >= 15 is 0 Å². The zero-order valence-electron chi connectivity index (χ0n) is 11.4. The van der Waals surface area contributed by atoms with Crippen LogP contribution in [0.2, 0.25) is 0 Å². The van der Waals surface area contributed by atoms with Crippen LogP contribution < -0.4 is 11.3 Å². The van der Waals surface area contributed by atoms with Gasteiger partial charge in [-0.15, -0.1) is 11.3 Å². The summed E-state index contributed by atoms with van der Waals surface area (Å²) < 4.78 is 12.8. The predicted molar refractivity (Wildman–Crippen MR) is 83.5 cm³/mol. The van der Waals surface area contributed by atoms with E-state index in [-0.39, 0.29) is 11.6 Å². The van der Waals surface area contributed by atoms with Crippen molar-refractivity contribution in [2.24, 2.45) is 11.8 Å². The number of nitrogens with two attached hydrogens (primary N) is 1. The molecule has 0 aromatic carbocycles. The largest absolute Gasteiger partial charge is 0.381 e. The lowest BCUT2D eigenvalue weighted by atomic mass is 9.77. The number of nitrogens with one attached hydrogen (secondary N) is 1. The molecule has 0 aliphatic carbocycles. The maximum absolute atomic E-state index is 6.12. The molecule has 3 N–H and O–H groups in total. The van der Waals surface area contributed by atoms with Gasteiger partial charge >= 0.3 is 0 Å². The van der Waals surface area contributed by atoms with E-state index in [1.807, 2.05) is 0 Å². The van der Waals surface area contributed by atoms with Crippen molar-refractivity contribution in [2.75, 3.05) is 19.8 Å². The van der Waals surface area contributed by atoms with Crippen LogP contribution in [-0.4, -0.2) is 25.4 Å². The smallest absolute Gasteiger partial charge is 0.0729 e. The van der Waals surface area contributed by atoms with Crippen LogP contribution in [0.1, 0.15) is 36.6 Å². The van der Waals surface area contributed by atoms with Crippen LogP contribution in [0.3, 0.4) is 0 Å². The molecule has 3 heterocycles.